The van der Waals surface area contributed by atoms with Crippen LogP contribution in [0.1, 0.15) is 12.5 Å². The number of ether oxygens (including phenoxy) is 2. The quantitative estimate of drug-likeness (QED) is 0.846. The van der Waals surface area contributed by atoms with E-state index in [1.165, 1.54) is 4.90 Å². The first-order valence-electron chi connectivity index (χ1n) is 6.95. The number of hydrogen-bond donors (Lipinski definition) is 1. The molecule has 2 heterocycles. The lowest BCUT2D eigenvalue weighted by Crippen LogP contribution is -2.46. The largest absolute Gasteiger partial charge is 0.480 e. The number of morpholine rings is 1. The number of likely N-dealkylation sites (tertiary alicyclic amines) is 1. The second-order valence-electron chi connectivity index (χ2n) is 5.46. The molecule has 4 atom stereocenters. The van der Waals surface area contributed by atoms with Crippen LogP contribution in [0.15, 0.2) is 30.3 Å². The summed E-state index contributed by atoms with van der Waals surface area (Å²) >= 11 is 0. The summed E-state index contributed by atoms with van der Waals surface area (Å²) in [6.07, 6.45) is -0.821. The van der Waals surface area contributed by atoms with E-state index in [0.717, 1.165) is 5.56 Å². The highest BCUT2D eigenvalue weighted by Gasteiger charge is 2.60. The fourth-order valence-corrected chi connectivity index (χ4v) is 2.76. The number of carbonyl (C=O) groups is 2. The van der Waals surface area contributed by atoms with Crippen LogP contribution in [0.2, 0.25) is 0 Å². The second kappa shape index (κ2) is 5.37. The number of rotatable bonds is 4. The van der Waals surface area contributed by atoms with E-state index in [1.807, 2.05) is 30.3 Å². The zero-order valence-electron chi connectivity index (χ0n) is 11.6. The molecule has 1 aromatic rings. The van der Waals surface area contributed by atoms with Gasteiger partial charge in [0, 0.05) is 6.42 Å². The van der Waals surface area contributed by atoms with Crippen molar-refractivity contribution in [3.8, 4) is 0 Å². The molecule has 1 amide bonds. The number of carbonyl (C=O) groups excluding carboxylic acids is 1. The van der Waals surface area contributed by atoms with Crippen molar-refractivity contribution in [1.82, 2.24) is 4.90 Å². The maximum Gasteiger partial charge on any atom is 0.410 e. The van der Waals surface area contributed by atoms with Crippen LogP contribution in [0, 0.1) is 0 Å². The Morgan fingerprint density at radius 2 is 2.14 bits per heavy atom. The number of carboxylic acid groups (broad SMARTS) is 1. The summed E-state index contributed by atoms with van der Waals surface area (Å²) in [5.41, 5.74) is 1.07. The van der Waals surface area contributed by atoms with Crippen molar-refractivity contribution in [2.24, 2.45) is 0 Å². The number of fused-ring (bicyclic) bond motifs is 1. The van der Waals surface area contributed by atoms with E-state index < -0.39 is 18.1 Å². The predicted octanol–water partition coefficient (Wildman–Crippen LogP) is 1.29. The third kappa shape index (κ3) is 2.85. The SMILES string of the molecule is CC(Cc1ccccc1)OC(=O)N1CC2OC2[C@H]1C(=O)O. The minimum atomic E-state index is -1.05. The van der Waals surface area contributed by atoms with Crippen LogP contribution in [0.25, 0.3) is 0 Å². The third-order valence-corrected chi connectivity index (χ3v) is 3.80. The highest BCUT2D eigenvalue weighted by atomic mass is 16.6. The lowest BCUT2D eigenvalue weighted by Gasteiger charge is -2.25. The molecule has 2 fully saturated rings. The molecule has 1 N–H and O–H groups in total. The standard InChI is InChI=1S/C15H17NO5/c1-9(7-10-5-3-2-4-6-10)20-15(19)16-8-11-13(21-11)12(16)14(17)18/h2-6,9,11-13H,7-8H2,1H3,(H,17,18)/t9?,11?,12-,13?/m0/s1. The Labute approximate surface area is 122 Å². The smallest absolute Gasteiger partial charge is 0.410 e. The molecule has 3 unspecified atom stereocenters. The summed E-state index contributed by atoms with van der Waals surface area (Å²) in [4.78, 5) is 24.6. The van der Waals surface area contributed by atoms with Gasteiger partial charge >= 0.3 is 12.1 Å². The van der Waals surface area contributed by atoms with Gasteiger partial charge in [-0.25, -0.2) is 9.59 Å². The normalized spacial score (nSPS) is 27.9. The molecule has 0 radical (unpaired) electrons. The number of amides is 1. The molecule has 0 bridgehead atoms. The molecule has 0 spiro atoms. The Hall–Kier alpha value is -2.08. The first kappa shape index (κ1) is 13.9. The van der Waals surface area contributed by atoms with Crippen LogP contribution in [0.5, 0.6) is 0 Å². The van der Waals surface area contributed by atoms with Crippen molar-refractivity contribution >= 4 is 12.1 Å². The number of carboxylic acids is 1. The minimum Gasteiger partial charge on any atom is -0.480 e. The van der Waals surface area contributed by atoms with Gasteiger partial charge in [-0.1, -0.05) is 30.3 Å². The molecule has 0 saturated carbocycles. The van der Waals surface area contributed by atoms with Crippen LogP contribution >= 0.6 is 0 Å². The van der Waals surface area contributed by atoms with Gasteiger partial charge in [0.2, 0.25) is 0 Å². The van der Waals surface area contributed by atoms with E-state index in [4.69, 9.17) is 14.6 Å². The van der Waals surface area contributed by atoms with E-state index in [0.29, 0.717) is 13.0 Å². The van der Waals surface area contributed by atoms with E-state index >= 15 is 0 Å². The number of aliphatic carboxylic acids is 1. The molecular formula is C15H17NO5. The van der Waals surface area contributed by atoms with Crippen LogP contribution < -0.4 is 0 Å². The van der Waals surface area contributed by atoms with Crippen molar-refractivity contribution in [3.63, 3.8) is 0 Å². The zero-order chi connectivity index (χ0) is 15.0. The molecule has 112 valence electrons. The molecule has 21 heavy (non-hydrogen) atoms. The lowest BCUT2D eigenvalue weighted by molar-refractivity contribution is -0.143. The monoisotopic (exact) mass is 291 g/mol. The van der Waals surface area contributed by atoms with Crippen molar-refractivity contribution in [3.05, 3.63) is 35.9 Å². The van der Waals surface area contributed by atoms with Crippen LogP contribution in [-0.2, 0) is 20.7 Å². The van der Waals surface area contributed by atoms with Gasteiger partial charge in [0.05, 0.1) is 6.54 Å². The van der Waals surface area contributed by atoms with Crippen LogP contribution in [-0.4, -0.2) is 53.0 Å². The summed E-state index contributed by atoms with van der Waals surface area (Å²) in [6, 6.07) is 8.78. The second-order valence-corrected chi connectivity index (χ2v) is 5.46. The number of nitrogens with zero attached hydrogens (tertiary/aromatic N) is 1. The summed E-state index contributed by atoms with van der Waals surface area (Å²) in [5.74, 6) is -1.05. The van der Waals surface area contributed by atoms with Crippen molar-refractivity contribution in [2.75, 3.05) is 6.54 Å². The molecule has 2 aliphatic rings. The highest BCUT2D eigenvalue weighted by molar-refractivity contribution is 5.82. The average molecular weight is 291 g/mol. The molecule has 6 nitrogen and oxygen atoms in total. The van der Waals surface area contributed by atoms with E-state index in [1.54, 1.807) is 6.92 Å². The predicted molar refractivity (Wildman–Crippen MR) is 72.9 cm³/mol. The van der Waals surface area contributed by atoms with Gasteiger partial charge in [0.15, 0.2) is 6.04 Å². The Morgan fingerprint density at radius 3 is 2.81 bits per heavy atom. The Bertz CT molecular complexity index is 546. The van der Waals surface area contributed by atoms with E-state index in [-0.39, 0.29) is 18.3 Å². The average Bonchev–Trinajstić information content (AvgIpc) is 3.09. The highest BCUT2D eigenvalue weighted by Crippen LogP contribution is 2.37. The molecule has 2 aliphatic heterocycles. The van der Waals surface area contributed by atoms with Gasteiger partial charge in [-0.15, -0.1) is 0 Å². The van der Waals surface area contributed by atoms with Gasteiger partial charge < -0.3 is 14.6 Å². The summed E-state index contributed by atoms with van der Waals surface area (Å²) in [6.45, 7) is 2.09. The van der Waals surface area contributed by atoms with E-state index in [9.17, 15) is 9.59 Å². The topological polar surface area (TPSA) is 79.4 Å². The molecule has 0 aliphatic carbocycles. The van der Waals surface area contributed by atoms with Crippen LogP contribution in [0.4, 0.5) is 4.79 Å². The zero-order valence-corrected chi connectivity index (χ0v) is 11.6. The molecule has 0 aromatic heterocycles. The number of epoxide rings is 1. The lowest BCUT2D eigenvalue weighted by atomic mass is 10.1. The first-order chi connectivity index (χ1) is 10.1. The minimum absolute atomic E-state index is 0.150. The molecule has 2 saturated heterocycles. The summed E-state index contributed by atoms with van der Waals surface area (Å²) in [7, 11) is 0. The Kier molecular flexibility index (Phi) is 3.55. The van der Waals surface area contributed by atoms with Gasteiger partial charge in [0.1, 0.15) is 18.3 Å². The Morgan fingerprint density at radius 1 is 1.43 bits per heavy atom. The van der Waals surface area contributed by atoms with Crippen molar-refractivity contribution in [1.29, 1.82) is 0 Å². The maximum absolute atomic E-state index is 12.1. The molecule has 1 aromatic carbocycles. The van der Waals surface area contributed by atoms with Gasteiger partial charge in [0.25, 0.3) is 0 Å². The third-order valence-electron chi connectivity index (χ3n) is 3.80. The van der Waals surface area contributed by atoms with Gasteiger partial charge in [-0.3, -0.25) is 4.90 Å². The number of hydrogen-bond acceptors (Lipinski definition) is 4. The fourth-order valence-electron chi connectivity index (χ4n) is 2.76. The fraction of sp³-hybridized carbons (Fsp3) is 0.467. The number of benzene rings is 1. The van der Waals surface area contributed by atoms with Gasteiger partial charge in [-0.05, 0) is 12.5 Å². The van der Waals surface area contributed by atoms with Crippen molar-refractivity contribution in [2.45, 2.75) is 37.7 Å². The molecular weight excluding hydrogens is 274 g/mol. The Balaban J connectivity index is 1.57. The molecule has 3 rings (SSSR count). The molecule has 6 heteroatoms. The van der Waals surface area contributed by atoms with E-state index in [2.05, 4.69) is 0 Å². The van der Waals surface area contributed by atoms with Crippen molar-refractivity contribution < 1.29 is 24.2 Å². The maximum atomic E-state index is 12.1. The van der Waals surface area contributed by atoms with Gasteiger partial charge in [-0.2, -0.15) is 0 Å². The van der Waals surface area contributed by atoms with Crippen LogP contribution in [0.3, 0.4) is 0 Å². The summed E-state index contributed by atoms with van der Waals surface area (Å²) < 4.78 is 10.5. The summed E-state index contributed by atoms with van der Waals surface area (Å²) in [5, 5.41) is 9.17. The first-order valence-corrected chi connectivity index (χ1v) is 6.95.